The second-order valence-electron chi connectivity index (χ2n) is 17.8. The average Bonchev–Trinajstić information content (AvgIpc) is 3.58. The highest BCUT2D eigenvalue weighted by Gasteiger charge is 2.65. The minimum absolute atomic E-state index is 0.0429. The number of aromatic nitrogens is 2. The number of hydrogen-bond donors (Lipinski definition) is 4. The quantitative estimate of drug-likeness (QED) is 0.147. The lowest BCUT2D eigenvalue weighted by Crippen LogP contribution is -2.60. The van der Waals surface area contributed by atoms with Crippen LogP contribution in [0.4, 0.5) is 32.9 Å². The van der Waals surface area contributed by atoms with Crippen LogP contribution in [-0.2, 0) is 19.0 Å². The minimum Gasteiger partial charge on any atom is -0.469 e. The van der Waals surface area contributed by atoms with Crippen molar-refractivity contribution in [2.45, 2.75) is 97.2 Å². The fraction of sp³-hybridized carbons (Fsp3) is 0.533. The highest BCUT2D eigenvalue weighted by atomic mass is 16.6. The largest absolute Gasteiger partial charge is 0.469 e. The molecule has 0 radical (unpaired) electrons. The van der Waals surface area contributed by atoms with E-state index in [1.807, 2.05) is 0 Å². The Morgan fingerprint density at radius 1 is 0.763 bits per heavy atom. The van der Waals surface area contributed by atoms with Gasteiger partial charge in [0.2, 0.25) is 0 Å². The van der Waals surface area contributed by atoms with Crippen LogP contribution >= 0.6 is 0 Å². The maximum absolute atomic E-state index is 14.0. The summed E-state index contributed by atoms with van der Waals surface area (Å²) in [7, 11) is 1.42. The average molecular weight is 807 g/mol. The van der Waals surface area contributed by atoms with E-state index in [0.29, 0.717) is 49.4 Å². The minimum atomic E-state index is -0.614. The number of nitrogens with zero attached hydrogens (tertiary/aromatic N) is 2. The number of hydrogen-bond acceptors (Lipinski definition) is 10. The number of ether oxygens (including phenoxy) is 3. The predicted molar refractivity (Wildman–Crippen MR) is 220 cm³/mol. The van der Waals surface area contributed by atoms with Gasteiger partial charge in [0.1, 0.15) is 35.5 Å². The number of amides is 4. The van der Waals surface area contributed by atoms with E-state index in [9.17, 15) is 24.0 Å². The molecule has 59 heavy (non-hydrogen) atoms. The molecule has 2 aromatic heterocycles. The zero-order valence-corrected chi connectivity index (χ0v) is 34.1. The van der Waals surface area contributed by atoms with Gasteiger partial charge < -0.3 is 24.8 Å². The Labute approximate surface area is 344 Å². The summed E-state index contributed by atoms with van der Waals surface area (Å²) < 4.78 is 17.6. The number of fused-ring (bicyclic) bond motifs is 9. The maximum atomic E-state index is 14.0. The summed E-state index contributed by atoms with van der Waals surface area (Å²) in [6, 6.07) is 16.0. The van der Waals surface area contributed by atoms with Crippen molar-refractivity contribution in [3.63, 3.8) is 0 Å². The van der Waals surface area contributed by atoms with Crippen LogP contribution in [0.25, 0.3) is 0 Å². The molecule has 312 valence electrons. The summed E-state index contributed by atoms with van der Waals surface area (Å²) in [4.78, 5) is 75.0. The van der Waals surface area contributed by atoms with Crippen LogP contribution in [0.3, 0.4) is 0 Å². The van der Waals surface area contributed by atoms with Crippen molar-refractivity contribution in [3.8, 4) is 0 Å². The Morgan fingerprint density at radius 2 is 1.36 bits per heavy atom. The van der Waals surface area contributed by atoms with Crippen LogP contribution in [0.15, 0.2) is 60.7 Å². The Hall–Kier alpha value is -5.53. The van der Waals surface area contributed by atoms with Crippen LogP contribution in [0.2, 0.25) is 0 Å². The molecule has 4 amide bonds. The van der Waals surface area contributed by atoms with Gasteiger partial charge in [-0.2, -0.15) is 0 Å². The Morgan fingerprint density at radius 3 is 1.98 bits per heavy atom. The molecule has 4 N–H and O–H groups in total. The Balaban J connectivity index is 1.11. The van der Waals surface area contributed by atoms with Crippen LogP contribution in [-0.4, -0.2) is 59.3 Å². The molecule has 1 aromatic carbocycles. The van der Waals surface area contributed by atoms with Crippen LogP contribution in [0, 0.1) is 46.3 Å². The third-order valence-corrected chi connectivity index (χ3v) is 14.8. The lowest BCUT2D eigenvalue weighted by Gasteiger charge is -2.62. The van der Waals surface area contributed by atoms with E-state index < -0.39 is 30.1 Å². The van der Waals surface area contributed by atoms with Crippen LogP contribution in [0.5, 0.6) is 0 Å². The monoisotopic (exact) mass is 806 g/mol. The first kappa shape index (κ1) is 40.3. The molecule has 4 heterocycles. The highest BCUT2D eigenvalue weighted by Crippen LogP contribution is 2.69. The van der Waals surface area contributed by atoms with Gasteiger partial charge in [-0.15, -0.1) is 0 Å². The van der Waals surface area contributed by atoms with Gasteiger partial charge in [0.25, 0.3) is 11.8 Å². The summed E-state index contributed by atoms with van der Waals surface area (Å²) in [5, 5.41) is 11.1. The number of carbonyl (C=O) groups excluding carboxylic acids is 5. The van der Waals surface area contributed by atoms with Gasteiger partial charge in [-0.25, -0.2) is 19.6 Å². The zero-order valence-electron chi connectivity index (χ0n) is 34.1. The van der Waals surface area contributed by atoms with E-state index >= 15 is 0 Å². The van der Waals surface area contributed by atoms with Gasteiger partial charge >= 0.3 is 18.2 Å². The number of anilines is 4. The van der Waals surface area contributed by atoms with Gasteiger partial charge in [0.05, 0.1) is 7.11 Å². The molecule has 4 saturated carbocycles. The summed E-state index contributed by atoms with van der Waals surface area (Å²) in [5.74, 6) is 1.49. The molecule has 0 unspecified atom stereocenters. The topological polar surface area (TPSA) is 187 Å². The lowest BCUT2D eigenvalue weighted by molar-refractivity contribution is -0.174. The first-order chi connectivity index (χ1) is 28.3. The van der Waals surface area contributed by atoms with E-state index in [1.165, 1.54) is 13.2 Å². The number of methoxy groups -OCH3 is 1. The molecular weight excluding hydrogens is 753 g/mol. The molecule has 0 saturated heterocycles. The van der Waals surface area contributed by atoms with E-state index in [1.54, 1.807) is 54.6 Å². The number of pyridine rings is 2. The fourth-order valence-corrected chi connectivity index (χ4v) is 11.9. The zero-order chi connectivity index (χ0) is 41.5. The highest BCUT2D eigenvalue weighted by molar-refractivity contribution is 6.08. The van der Waals surface area contributed by atoms with Gasteiger partial charge in [-0.05, 0) is 141 Å². The number of nitrogens with one attached hydrogen (secondary N) is 4. The molecule has 2 aliphatic heterocycles. The number of benzene rings is 1. The Kier molecular flexibility index (Phi) is 11.1. The smallest absolute Gasteiger partial charge is 0.413 e. The van der Waals surface area contributed by atoms with Crippen molar-refractivity contribution in [1.82, 2.24) is 9.97 Å². The molecule has 14 heteroatoms. The standard InChI is InChI=1S/C45H54N6O8/c1-25(14-19-39(52)57-4)31-17-18-32-30-16-15-28-23-29-20-21-44(28,2)33(30)24-34(45(31,32)3)59-43(56)51-38-13-7-11-36(47-38)49-41(54)27-9-5-8-26(22-27)40(53)48-35-10-6-12-37(46-35)50-42(55)58-29/h5-13,22,25,28-34H,14-21,23-24H2,1-4H3,(H2,46,48,50,53,55)(H2,47,49,51,54,56)/t25-,28-,29-,30+,31-,32+,33+,34+,44+,45-/m1/s1. The number of carbonyl (C=O) groups is 5. The van der Waals surface area contributed by atoms with Crippen molar-refractivity contribution in [1.29, 1.82) is 0 Å². The normalized spacial score (nSPS) is 32.2. The van der Waals surface area contributed by atoms with Gasteiger partial charge in [-0.1, -0.05) is 39.0 Å². The molecular formula is C45H54N6O8. The SMILES string of the molecule is COC(=O)CC[C@@H](C)[C@H]1CC[C@H]2[C@@H]3CC[C@@H]4C[C@H]5CC[C@]4(C)[C@H]3C[C@H](OC(=O)Nc3cccc(n3)NC(=O)c3cccc(c3)C(=O)Nc3cccc(n3)NC(=O)O5)[C@]12C. The molecule has 11 bridgehead atoms. The van der Waals surface area contributed by atoms with E-state index in [4.69, 9.17) is 14.2 Å². The summed E-state index contributed by atoms with van der Waals surface area (Å²) in [5.41, 5.74) is 0.0614. The van der Waals surface area contributed by atoms with Crippen molar-refractivity contribution >= 4 is 53.2 Å². The van der Waals surface area contributed by atoms with Crippen molar-refractivity contribution in [2.75, 3.05) is 28.4 Å². The van der Waals surface area contributed by atoms with E-state index in [-0.39, 0.29) is 69.1 Å². The van der Waals surface area contributed by atoms with E-state index in [0.717, 1.165) is 38.5 Å². The van der Waals surface area contributed by atoms with Crippen molar-refractivity contribution < 1.29 is 38.2 Å². The molecule has 4 fully saturated rings. The van der Waals surface area contributed by atoms with Gasteiger partial charge in [-0.3, -0.25) is 25.0 Å². The first-order valence-electron chi connectivity index (χ1n) is 21.0. The second-order valence-corrected chi connectivity index (χ2v) is 17.8. The number of rotatable bonds is 4. The predicted octanol–water partition coefficient (Wildman–Crippen LogP) is 8.69. The van der Waals surface area contributed by atoms with E-state index in [2.05, 4.69) is 52.0 Å². The first-order valence-corrected chi connectivity index (χ1v) is 21.0. The van der Waals surface area contributed by atoms with Crippen LogP contribution in [0.1, 0.15) is 106 Å². The third-order valence-electron chi connectivity index (χ3n) is 14.8. The van der Waals surface area contributed by atoms with Gasteiger partial charge in [0.15, 0.2) is 0 Å². The summed E-state index contributed by atoms with van der Waals surface area (Å²) in [6.07, 6.45) is 6.33. The fourth-order valence-electron chi connectivity index (χ4n) is 11.9. The molecule has 6 aliphatic rings. The van der Waals surface area contributed by atoms with Crippen molar-refractivity contribution in [2.24, 2.45) is 46.3 Å². The molecule has 4 aliphatic carbocycles. The maximum Gasteiger partial charge on any atom is 0.413 e. The molecule has 14 nitrogen and oxygen atoms in total. The molecule has 10 atom stereocenters. The van der Waals surface area contributed by atoms with Gasteiger partial charge in [0, 0.05) is 23.0 Å². The molecule has 9 rings (SSSR count). The van der Waals surface area contributed by atoms with Crippen LogP contribution < -0.4 is 21.3 Å². The van der Waals surface area contributed by atoms with Crippen molar-refractivity contribution in [3.05, 3.63) is 71.8 Å². The second kappa shape index (κ2) is 16.3. The summed E-state index contributed by atoms with van der Waals surface area (Å²) >= 11 is 0. The molecule has 3 aromatic rings. The third kappa shape index (κ3) is 7.97. The molecule has 0 spiro atoms. The lowest BCUT2D eigenvalue weighted by atomic mass is 9.43. The Bertz CT molecular complexity index is 2130. The number of esters is 1. The summed E-state index contributed by atoms with van der Waals surface area (Å²) in [6.45, 7) is 6.93.